The fourth-order valence-corrected chi connectivity index (χ4v) is 3.33. The molecule has 25 heavy (non-hydrogen) atoms. The lowest BCUT2D eigenvalue weighted by Crippen LogP contribution is -2.40. The van der Waals surface area contributed by atoms with E-state index < -0.39 is 10.0 Å². The summed E-state index contributed by atoms with van der Waals surface area (Å²) in [6.07, 6.45) is 2.66. The lowest BCUT2D eigenvalue weighted by atomic mass is 10.1. The van der Waals surface area contributed by atoms with E-state index >= 15 is 0 Å². The van der Waals surface area contributed by atoms with E-state index in [1.165, 1.54) is 0 Å². The third kappa shape index (κ3) is 6.40. The van der Waals surface area contributed by atoms with Crippen LogP contribution in [0.3, 0.4) is 0 Å². The molecule has 0 radical (unpaired) electrons. The van der Waals surface area contributed by atoms with Crippen molar-refractivity contribution in [3.05, 3.63) is 65.2 Å². The van der Waals surface area contributed by atoms with Crippen molar-refractivity contribution in [3.63, 3.8) is 0 Å². The van der Waals surface area contributed by atoms with Crippen molar-refractivity contribution in [1.29, 1.82) is 0 Å². The molecule has 0 aliphatic rings. The molecule has 0 atom stereocenters. The number of carbonyl (C=O) groups is 1. The predicted molar refractivity (Wildman–Crippen MR) is 101 cm³/mol. The molecule has 0 unspecified atom stereocenters. The van der Waals surface area contributed by atoms with Crippen LogP contribution in [0.2, 0.25) is 5.02 Å². The third-order valence-corrected chi connectivity index (χ3v) is 5.00. The second kappa shape index (κ2) is 8.87. The summed E-state index contributed by atoms with van der Waals surface area (Å²) >= 11 is 5.84. The summed E-state index contributed by atoms with van der Waals surface area (Å²) < 4.78 is 25.0. The Morgan fingerprint density at radius 3 is 2.32 bits per heavy atom. The minimum atomic E-state index is -3.53. The second-order valence-electron chi connectivity index (χ2n) is 5.69. The highest BCUT2D eigenvalue weighted by atomic mass is 35.5. The van der Waals surface area contributed by atoms with E-state index in [0.717, 1.165) is 29.0 Å². The number of hydrogen-bond acceptors (Lipinski definition) is 3. The Morgan fingerprint density at radius 2 is 1.72 bits per heavy atom. The summed E-state index contributed by atoms with van der Waals surface area (Å²) in [6.45, 7) is 0.248. The Hall–Kier alpha value is -2.05. The summed E-state index contributed by atoms with van der Waals surface area (Å²) in [5.41, 5.74) is 1.61. The minimum absolute atomic E-state index is 0.232. The van der Waals surface area contributed by atoms with E-state index in [-0.39, 0.29) is 12.5 Å². The zero-order valence-corrected chi connectivity index (χ0v) is 15.6. The van der Waals surface area contributed by atoms with E-state index in [0.29, 0.717) is 17.3 Å². The molecule has 1 amide bonds. The van der Waals surface area contributed by atoms with Crippen molar-refractivity contribution in [3.8, 4) is 0 Å². The first kappa shape index (κ1) is 19.3. The normalized spacial score (nSPS) is 11.1. The molecule has 1 N–H and O–H groups in total. The highest BCUT2D eigenvalue weighted by Crippen LogP contribution is 2.16. The lowest BCUT2D eigenvalue weighted by Gasteiger charge is -2.21. The van der Waals surface area contributed by atoms with Crippen molar-refractivity contribution >= 4 is 33.2 Å². The van der Waals surface area contributed by atoms with Gasteiger partial charge in [-0.05, 0) is 42.7 Å². The van der Waals surface area contributed by atoms with Gasteiger partial charge in [0.2, 0.25) is 15.9 Å². The van der Waals surface area contributed by atoms with Crippen LogP contribution < -0.4 is 9.62 Å². The molecule has 7 heteroatoms. The van der Waals surface area contributed by atoms with E-state index in [4.69, 9.17) is 11.6 Å². The summed E-state index contributed by atoms with van der Waals surface area (Å²) in [4.78, 5) is 12.1. The largest absolute Gasteiger partial charge is 0.355 e. The predicted octanol–water partition coefficient (Wildman–Crippen LogP) is 2.86. The van der Waals surface area contributed by atoms with Crippen molar-refractivity contribution in [1.82, 2.24) is 5.32 Å². The van der Waals surface area contributed by atoms with Crippen LogP contribution in [0.4, 0.5) is 5.69 Å². The molecule has 134 valence electrons. The lowest BCUT2D eigenvalue weighted by molar-refractivity contribution is -0.119. The highest BCUT2D eigenvalue weighted by Gasteiger charge is 2.20. The van der Waals surface area contributed by atoms with Gasteiger partial charge in [-0.1, -0.05) is 41.9 Å². The Bertz CT molecular complexity index is 793. The minimum Gasteiger partial charge on any atom is -0.355 e. The standard InChI is InChI=1S/C18H21ClN2O3S/c1-25(23,24)21(17-7-3-2-4-8-17)14-18(22)20-13-5-6-15-9-11-16(19)12-10-15/h2-4,7-12H,5-6,13-14H2,1H3,(H,20,22). The SMILES string of the molecule is CS(=O)(=O)N(CC(=O)NCCCc1ccc(Cl)cc1)c1ccccc1. The van der Waals surface area contributed by atoms with E-state index in [1.807, 2.05) is 24.3 Å². The maximum Gasteiger partial charge on any atom is 0.240 e. The first-order chi connectivity index (χ1) is 11.9. The van der Waals surface area contributed by atoms with E-state index in [9.17, 15) is 13.2 Å². The van der Waals surface area contributed by atoms with Crippen molar-refractivity contribution in [2.75, 3.05) is 23.7 Å². The molecule has 5 nitrogen and oxygen atoms in total. The molecule has 2 aromatic carbocycles. The maximum atomic E-state index is 12.1. The number of benzene rings is 2. The number of nitrogens with zero attached hydrogens (tertiary/aromatic N) is 1. The first-order valence-electron chi connectivity index (χ1n) is 7.90. The second-order valence-corrected chi connectivity index (χ2v) is 8.03. The molecule has 0 bridgehead atoms. The molecule has 0 heterocycles. The van der Waals surface area contributed by atoms with Crippen LogP contribution >= 0.6 is 11.6 Å². The van der Waals surface area contributed by atoms with Crippen molar-refractivity contribution in [2.45, 2.75) is 12.8 Å². The molecule has 0 spiro atoms. The molecule has 2 rings (SSSR count). The van der Waals surface area contributed by atoms with E-state index in [2.05, 4.69) is 5.32 Å². The summed E-state index contributed by atoms with van der Waals surface area (Å²) in [5, 5.41) is 3.46. The Labute approximate surface area is 153 Å². The van der Waals surface area contributed by atoms with Gasteiger partial charge in [0.1, 0.15) is 6.54 Å². The number of para-hydroxylation sites is 1. The fourth-order valence-electron chi connectivity index (χ4n) is 2.35. The summed E-state index contributed by atoms with van der Waals surface area (Å²) in [6, 6.07) is 16.1. The maximum absolute atomic E-state index is 12.1. The zero-order valence-electron chi connectivity index (χ0n) is 14.0. The van der Waals surface area contributed by atoms with E-state index in [1.54, 1.807) is 30.3 Å². The zero-order chi connectivity index (χ0) is 18.3. The van der Waals surface area contributed by atoms with Gasteiger partial charge < -0.3 is 5.32 Å². The molecule has 2 aromatic rings. The number of carbonyl (C=O) groups excluding carboxylic acids is 1. The van der Waals surface area contributed by atoms with Gasteiger partial charge in [0, 0.05) is 11.6 Å². The molecule has 0 fully saturated rings. The number of halogens is 1. The number of nitrogens with one attached hydrogen (secondary N) is 1. The van der Waals surface area contributed by atoms with Gasteiger partial charge in [0.05, 0.1) is 11.9 Å². The molecular formula is C18H21ClN2O3S. The van der Waals surface area contributed by atoms with Gasteiger partial charge in [-0.25, -0.2) is 8.42 Å². The van der Waals surface area contributed by atoms with Crippen LogP contribution in [0.5, 0.6) is 0 Å². The number of sulfonamides is 1. The van der Waals surface area contributed by atoms with Gasteiger partial charge in [0.25, 0.3) is 0 Å². The van der Waals surface area contributed by atoms with Crippen LogP contribution in [-0.2, 0) is 21.2 Å². The average molecular weight is 381 g/mol. The Kier molecular flexibility index (Phi) is 6.84. The molecule has 0 aliphatic heterocycles. The van der Waals surface area contributed by atoms with Gasteiger partial charge in [-0.15, -0.1) is 0 Å². The average Bonchev–Trinajstić information content (AvgIpc) is 2.58. The topological polar surface area (TPSA) is 66.5 Å². The molecular weight excluding hydrogens is 360 g/mol. The third-order valence-electron chi connectivity index (χ3n) is 3.61. The molecule has 0 saturated carbocycles. The van der Waals surface area contributed by atoms with Crippen LogP contribution in [0, 0.1) is 0 Å². The van der Waals surface area contributed by atoms with Gasteiger partial charge in [0.15, 0.2) is 0 Å². The quantitative estimate of drug-likeness (QED) is 0.716. The Morgan fingerprint density at radius 1 is 1.08 bits per heavy atom. The molecule has 0 saturated heterocycles. The molecule has 0 aromatic heterocycles. The van der Waals surface area contributed by atoms with Gasteiger partial charge >= 0.3 is 0 Å². The summed E-state index contributed by atoms with van der Waals surface area (Å²) in [5.74, 6) is -0.328. The molecule has 0 aliphatic carbocycles. The van der Waals surface area contributed by atoms with Crippen LogP contribution in [0.15, 0.2) is 54.6 Å². The van der Waals surface area contributed by atoms with Crippen molar-refractivity contribution < 1.29 is 13.2 Å². The Balaban J connectivity index is 1.84. The monoisotopic (exact) mass is 380 g/mol. The van der Waals surface area contributed by atoms with Gasteiger partial charge in [-0.2, -0.15) is 0 Å². The number of rotatable bonds is 8. The smallest absolute Gasteiger partial charge is 0.240 e. The van der Waals surface area contributed by atoms with Gasteiger partial charge in [-0.3, -0.25) is 9.10 Å². The summed E-state index contributed by atoms with van der Waals surface area (Å²) in [7, 11) is -3.53. The van der Waals surface area contributed by atoms with Crippen molar-refractivity contribution in [2.24, 2.45) is 0 Å². The van der Waals surface area contributed by atoms with Crippen LogP contribution in [0.25, 0.3) is 0 Å². The number of anilines is 1. The fraction of sp³-hybridized carbons (Fsp3) is 0.278. The number of hydrogen-bond donors (Lipinski definition) is 1. The number of aryl methyl sites for hydroxylation is 1. The van der Waals surface area contributed by atoms with Crippen LogP contribution in [-0.4, -0.2) is 33.7 Å². The van der Waals surface area contributed by atoms with Crippen LogP contribution in [0.1, 0.15) is 12.0 Å². The first-order valence-corrected chi connectivity index (χ1v) is 10.1. The highest BCUT2D eigenvalue weighted by molar-refractivity contribution is 7.92. The number of amides is 1.